The van der Waals surface area contributed by atoms with Crippen LogP contribution in [0.3, 0.4) is 0 Å². The fraction of sp³-hybridized carbons (Fsp3) is 0.500. The van der Waals surface area contributed by atoms with E-state index in [-0.39, 0.29) is 12.6 Å². The molecule has 0 amide bonds. The van der Waals surface area contributed by atoms with E-state index >= 15 is 0 Å². The lowest BCUT2D eigenvalue weighted by atomic mass is 10.4. The zero-order valence-electron chi connectivity index (χ0n) is 6.07. The van der Waals surface area contributed by atoms with Crippen molar-refractivity contribution >= 4 is 5.82 Å². The maximum absolute atomic E-state index is 5.40. The Bertz CT molecular complexity index is 254. The van der Waals surface area contributed by atoms with Gasteiger partial charge in [0.25, 0.3) is 0 Å². The van der Waals surface area contributed by atoms with E-state index in [1.54, 1.807) is 6.07 Å². The highest BCUT2D eigenvalue weighted by Gasteiger charge is 2.30. The summed E-state index contributed by atoms with van der Waals surface area (Å²) in [5, 5.41) is 6.47. The van der Waals surface area contributed by atoms with Gasteiger partial charge in [-0.1, -0.05) is 0 Å². The quantitative estimate of drug-likeness (QED) is 0.615. The number of aromatic amines is 1. The van der Waals surface area contributed by atoms with Crippen LogP contribution in [0.15, 0.2) is 6.07 Å². The minimum Gasteiger partial charge on any atom is -0.384 e. The molecule has 1 aromatic heterocycles. The number of nitrogens with two attached hydrogens (primary N) is 1. The number of nitrogen functional groups attached to an aromatic ring is 1. The van der Waals surface area contributed by atoms with Crippen molar-refractivity contribution < 1.29 is 9.47 Å². The molecule has 3 N–H and O–H groups in total. The molecule has 2 rings (SSSR count). The Balaban J connectivity index is 2.07. The molecule has 0 atom stereocenters. The summed E-state index contributed by atoms with van der Waals surface area (Å²) in [6.07, 6.45) is -0.462. The first-order chi connectivity index (χ1) is 5.25. The number of nitrogens with zero attached hydrogens (tertiary/aromatic N) is 1. The summed E-state index contributed by atoms with van der Waals surface area (Å²) < 4.78 is 10.4. The van der Waals surface area contributed by atoms with Crippen molar-refractivity contribution in [3.05, 3.63) is 11.8 Å². The van der Waals surface area contributed by atoms with Gasteiger partial charge in [0.15, 0.2) is 6.29 Å². The van der Waals surface area contributed by atoms with Gasteiger partial charge in [0.2, 0.25) is 6.29 Å². The van der Waals surface area contributed by atoms with Crippen molar-refractivity contribution in [1.82, 2.24) is 10.2 Å². The Morgan fingerprint density at radius 1 is 1.64 bits per heavy atom. The lowest BCUT2D eigenvalue weighted by Gasteiger charge is -2.32. The molecule has 1 fully saturated rings. The monoisotopic (exact) mass is 155 g/mol. The standard InChI is InChI=1S/C6H9N3O2/c1-3-10-6(11-3)4-2-5(7)9-8-4/h2-3,6H,1H3,(H3,7,8,9). The van der Waals surface area contributed by atoms with Gasteiger partial charge in [-0.2, -0.15) is 5.10 Å². The van der Waals surface area contributed by atoms with Crippen LogP contribution >= 0.6 is 0 Å². The summed E-state index contributed by atoms with van der Waals surface area (Å²) in [6, 6.07) is 1.69. The first-order valence-corrected chi connectivity index (χ1v) is 3.37. The largest absolute Gasteiger partial charge is 0.384 e. The third kappa shape index (κ3) is 1.08. The molecule has 1 aliphatic heterocycles. The van der Waals surface area contributed by atoms with Crippen LogP contribution in [0.1, 0.15) is 18.9 Å². The van der Waals surface area contributed by atoms with Gasteiger partial charge < -0.3 is 15.2 Å². The number of rotatable bonds is 1. The Hall–Kier alpha value is -1.07. The van der Waals surface area contributed by atoms with Crippen molar-refractivity contribution in [2.75, 3.05) is 5.73 Å². The molecule has 0 saturated carbocycles. The fourth-order valence-corrected chi connectivity index (χ4v) is 0.971. The van der Waals surface area contributed by atoms with E-state index in [4.69, 9.17) is 15.2 Å². The number of hydrogen-bond acceptors (Lipinski definition) is 4. The molecule has 5 nitrogen and oxygen atoms in total. The number of hydrogen-bond donors (Lipinski definition) is 2. The van der Waals surface area contributed by atoms with Gasteiger partial charge in [-0.05, 0) is 6.92 Å². The van der Waals surface area contributed by atoms with Crippen molar-refractivity contribution in [2.45, 2.75) is 19.5 Å². The summed E-state index contributed by atoms with van der Waals surface area (Å²) >= 11 is 0. The third-order valence-corrected chi connectivity index (χ3v) is 1.49. The average molecular weight is 155 g/mol. The van der Waals surface area contributed by atoms with Gasteiger partial charge in [-0.3, -0.25) is 5.10 Å². The first kappa shape index (κ1) is 6.63. The molecule has 2 heterocycles. The van der Waals surface area contributed by atoms with E-state index in [2.05, 4.69) is 10.2 Å². The van der Waals surface area contributed by atoms with Gasteiger partial charge in [0, 0.05) is 6.07 Å². The van der Waals surface area contributed by atoms with Gasteiger partial charge in [-0.25, -0.2) is 0 Å². The SMILES string of the molecule is CC1OC(c2cc(N)[nH]n2)O1. The molecule has 0 unspecified atom stereocenters. The van der Waals surface area contributed by atoms with Crippen LogP contribution in [0, 0.1) is 0 Å². The molecule has 0 aliphatic carbocycles. The van der Waals surface area contributed by atoms with Crippen LogP contribution in [-0.4, -0.2) is 16.5 Å². The minimum absolute atomic E-state index is 0.127. The molecular formula is C6H9N3O2. The third-order valence-electron chi connectivity index (χ3n) is 1.49. The Labute approximate surface area is 63.5 Å². The molecule has 1 aromatic rings. The van der Waals surface area contributed by atoms with Crippen LogP contribution in [0.5, 0.6) is 0 Å². The topological polar surface area (TPSA) is 73.2 Å². The van der Waals surface area contributed by atoms with Gasteiger partial charge >= 0.3 is 0 Å². The molecule has 0 spiro atoms. The second-order valence-corrected chi connectivity index (χ2v) is 2.42. The van der Waals surface area contributed by atoms with E-state index in [0.29, 0.717) is 11.5 Å². The van der Waals surface area contributed by atoms with E-state index in [1.807, 2.05) is 6.92 Å². The van der Waals surface area contributed by atoms with E-state index in [9.17, 15) is 0 Å². The summed E-state index contributed by atoms with van der Waals surface area (Å²) in [6.45, 7) is 1.83. The number of anilines is 1. The predicted octanol–water partition coefficient (Wildman–Crippen LogP) is 0.383. The Morgan fingerprint density at radius 2 is 2.36 bits per heavy atom. The molecule has 0 radical (unpaired) electrons. The van der Waals surface area contributed by atoms with E-state index < -0.39 is 0 Å². The van der Waals surface area contributed by atoms with E-state index in [0.717, 1.165) is 0 Å². The average Bonchev–Trinajstić information content (AvgIpc) is 2.29. The smallest absolute Gasteiger partial charge is 0.208 e. The summed E-state index contributed by atoms with van der Waals surface area (Å²) in [5.41, 5.74) is 6.10. The number of H-pyrrole nitrogens is 1. The van der Waals surface area contributed by atoms with E-state index in [1.165, 1.54) is 0 Å². The molecule has 1 saturated heterocycles. The van der Waals surface area contributed by atoms with Gasteiger partial charge in [0.1, 0.15) is 11.5 Å². The zero-order valence-corrected chi connectivity index (χ0v) is 6.07. The van der Waals surface area contributed by atoms with Gasteiger partial charge in [-0.15, -0.1) is 0 Å². The highest BCUT2D eigenvalue weighted by Crippen LogP contribution is 2.30. The molecular weight excluding hydrogens is 146 g/mol. The molecule has 60 valence electrons. The lowest BCUT2D eigenvalue weighted by molar-refractivity contribution is -0.383. The second kappa shape index (κ2) is 2.21. The first-order valence-electron chi connectivity index (χ1n) is 3.37. The predicted molar refractivity (Wildman–Crippen MR) is 37.4 cm³/mol. The minimum atomic E-state index is -0.335. The molecule has 11 heavy (non-hydrogen) atoms. The maximum Gasteiger partial charge on any atom is 0.208 e. The Morgan fingerprint density at radius 3 is 2.82 bits per heavy atom. The van der Waals surface area contributed by atoms with Crippen molar-refractivity contribution in [2.24, 2.45) is 0 Å². The second-order valence-electron chi connectivity index (χ2n) is 2.42. The number of nitrogens with one attached hydrogen (secondary N) is 1. The molecule has 0 aromatic carbocycles. The van der Waals surface area contributed by atoms with Crippen LogP contribution in [0.25, 0.3) is 0 Å². The fourth-order valence-electron chi connectivity index (χ4n) is 0.971. The van der Waals surface area contributed by atoms with Crippen LogP contribution < -0.4 is 5.73 Å². The van der Waals surface area contributed by atoms with Gasteiger partial charge in [0.05, 0.1) is 0 Å². The lowest BCUT2D eigenvalue weighted by Crippen LogP contribution is -2.31. The van der Waals surface area contributed by atoms with Crippen molar-refractivity contribution in [3.63, 3.8) is 0 Å². The summed E-state index contributed by atoms with van der Waals surface area (Å²) in [5.74, 6) is 0.520. The highest BCUT2D eigenvalue weighted by molar-refractivity contribution is 5.29. The normalized spacial score (nSPS) is 29.9. The number of ether oxygens (including phenoxy) is 2. The zero-order chi connectivity index (χ0) is 7.84. The summed E-state index contributed by atoms with van der Waals surface area (Å²) in [7, 11) is 0. The van der Waals surface area contributed by atoms with Crippen LogP contribution in [0.2, 0.25) is 0 Å². The maximum atomic E-state index is 5.40. The van der Waals surface area contributed by atoms with Crippen molar-refractivity contribution in [3.8, 4) is 0 Å². The number of aromatic nitrogens is 2. The Kier molecular flexibility index (Phi) is 1.33. The van der Waals surface area contributed by atoms with Crippen molar-refractivity contribution in [1.29, 1.82) is 0 Å². The van der Waals surface area contributed by atoms with Crippen LogP contribution in [0.4, 0.5) is 5.82 Å². The highest BCUT2D eigenvalue weighted by atomic mass is 16.9. The molecule has 1 aliphatic rings. The molecule has 0 bridgehead atoms. The summed E-state index contributed by atoms with van der Waals surface area (Å²) in [4.78, 5) is 0. The van der Waals surface area contributed by atoms with Crippen LogP contribution in [-0.2, 0) is 9.47 Å². The molecule has 5 heteroatoms.